The van der Waals surface area contributed by atoms with Crippen LogP contribution in [0.3, 0.4) is 0 Å². The molecular formula is C19H21N3O3. The molecule has 25 heavy (non-hydrogen) atoms. The summed E-state index contributed by atoms with van der Waals surface area (Å²) in [5, 5.41) is 2.91. The normalized spacial score (nSPS) is 10.7. The highest BCUT2D eigenvalue weighted by Crippen LogP contribution is 2.28. The summed E-state index contributed by atoms with van der Waals surface area (Å²) in [4.78, 5) is 17.2. The Bertz CT molecular complexity index is 902. The number of anilines is 1. The number of para-hydroxylation sites is 2. The third kappa shape index (κ3) is 3.28. The molecule has 1 heterocycles. The molecule has 0 saturated carbocycles. The second-order valence-corrected chi connectivity index (χ2v) is 5.60. The quantitative estimate of drug-likeness (QED) is 0.743. The zero-order valence-electron chi connectivity index (χ0n) is 14.6. The molecule has 3 aromatic rings. The Hall–Kier alpha value is -3.02. The fourth-order valence-electron chi connectivity index (χ4n) is 2.77. The maximum Gasteiger partial charge on any atom is 0.258 e. The van der Waals surface area contributed by atoms with Gasteiger partial charge in [-0.05, 0) is 36.8 Å². The molecule has 0 bridgehead atoms. The number of hydrogen-bond donors (Lipinski definition) is 1. The van der Waals surface area contributed by atoms with Crippen LogP contribution in [0.25, 0.3) is 11.0 Å². The minimum absolute atomic E-state index is 0.242. The van der Waals surface area contributed by atoms with Crippen LogP contribution in [0.4, 0.5) is 5.95 Å². The molecule has 1 aromatic heterocycles. The van der Waals surface area contributed by atoms with E-state index in [1.807, 2.05) is 28.8 Å². The van der Waals surface area contributed by atoms with Crippen LogP contribution in [0.5, 0.6) is 11.5 Å². The van der Waals surface area contributed by atoms with Gasteiger partial charge in [-0.3, -0.25) is 10.1 Å². The van der Waals surface area contributed by atoms with Crippen LogP contribution in [0.15, 0.2) is 42.5 Å². The van der Waals surface area contributed by atoms with Crippen molar-refractivity contribution < 1.29 is 14.3 Å². The molecule has 0 aliphatic heterocycles. The molecule has 0 unspecified atom stereocenters. The van der Waals surface area contributed by atoms with E-state index in [1.165, 1.54) is 0 Å². The van der Waals surface area contributed by atoms with Crippen LogP contribution in [-0.2, 0) is 6.54 Å². The van der Waals surface area contributed by atoms with Crippen LogP contribution in [0.2, 0.25) is 0 Å². The van der Waals surface area contributed by atoms with E-state index in [4.69, 9.17) is 9.47 Å². The molecule has 130 valence electrons. The van der Waals surface area contributed by atoms with Crippen LogP contribution in [0.1, 0.15) is 23.7 Å². The summed E-state index contributed by atoms with van der Waals surface area (Å²) >= 11 is 0. The average Bonchev–Trinajstić information content (AvgIpc) is 2.98. The van der Waals surface area contributed by atoms with Gasteiger partial charge < -0.3 is 14.0 Å². The molecule has 0 saturated heterocycles. The van der Waals surface area contributed by atoms with E-state index in [0.717, 1.165) is 24.0 Å². The van der Waals surface area contributed by atoms with Crippen LogP contribution in [0, 0.1) is 0 Å². The molecule has 0 radical (unpaired) electrons. The number of imidazole rings is 1. The molecular weight excluding hydrogens is 318 g/mol. The Morgan fingerprint density at radius 3 is 2.60 bits per heavy atom. The number of nitrogens with one attached hydrogen (secondary N) is 1. The van der Waals surface area contributed by atoms with Crippen molar-refractivity contribution in [1.29, 1.82) is 0 Å². The Labute approximate surface area is 146 Å². The first-order valence-corrected chi connectivity index (χ1v) is 8.16. The summed E-state index contributed by atoms with van der Waals surface area (Å²) in [5.74, 6) is 1.39. The van der Waals surface area contributed by atoms with Crippen molar-refractivity contribution in [3.63, 3.8) is 0 Å². The van der Waals surface area contributed by atoms with Crippen molar-refractivity contribution in [2.45, 2.75) is 19.9 Å². The van der Waals surface area contributed by atoms with Crippen LogP contribution in [-0.4, -0.2) is 29.7 Å². The molecule has 0 spiro atoms. The van der Waals surface area contributed by atoms with E-state index in [2.05, 4.69) is 17.2 Å². The number of ether oxygens (including phenoxy) is 2. The Morgan fingerprint density at radius 2 is 1.88 bits per heavy atom. The number of carbonyl (C=O) groups excluding carboxylic acids is 1. The lowest BCUT2D eigenvalue weighted by molar-refractivity contribution is 0.102. The van der Waals surface area contributed by atoms with E-state index in [1.54, 1.807) is 32.4 Å². The summed E-state index contributed by atoms with van der Waals surface area (Å²) in [7, 11) is 3.10. The van der Waals surface area contributed by atoms with Gasteiger partial charge in [-0.25, -0.2) is 4.98 Å². The van der Waals surface area contributed by atoms with Crippen LogP contribution < -0.4 is 14.8 Å². The highest BCUT2D eigenvalue weighted by atomic mass is 16.5. The Kier molecular flexibility index (Phi) is 4.88. The van der Waals surface area contributed by atoms with Gasteiger partial charge >= 0.3 is 0 Å². The molecule has 3 rings (SSSR count). The molecule has 1 N–H and O–H groups in total. The summed E-state index contributed by atoms with van der Waals surface area (Å²) in [5.41, 5.74) is 2.35. The van der Waals surface area contributed by atoms with Gasteiger partial charge in [0.2, 0.25) is 5.95 Å². The van der Waals surface area contributed by atoms with Gasteiger partial charge in [-0.2, -0.15) is 0 Å². The number of aryl methyl sites for hydroxylation is 1. The number of fused-ring (bicyclic) bond motifs is 1. The minimum Gasteiger partial charge on any atom is -0.493 e. The molecule has 0 aliphatic carbocycles. The number of carbonyl (C=O) groups is 1. The number of nitrogens with zero attached hydrogens (tertiary/aromatic N) is 2. The number of benzene rings is 2. The van der Waals surface area contributed by atoms with Crippen molar-refractivity contribution in [2.24, 2.45) is 0 Å². The third-order valence-corrected chi connectivity index (χ3v) is 3.97. The molecule has 0 aliphatic rings. The number of methoxy groups -OCH3 is 2. The first-order valence-electron chi connectivity index (χ1n) is 8.16. The lowest BCUT2D eigenvalue weighted by Crippen LogP contribution is -2.16. The van der Waals surface area contributed by atoms with E-state index in [9.17, 15) is 4.79 Å². The second kappa shape index (κ2) is 7.25. The molecule has 2 aromatic carbocycles. The predicted octanol–water partition coefficient (Wildman–Crippen LogP) is 3.72. The van der Waals surface area contributed by atoms with Gasteiger partial charge in [0.15, 0.2) is 11.5 Å². The Morgan fingerprint density at radius 1 is 1.12 bits per heavy atom. The molecule has 1 amide bonds. The highest BCUT2D eigenvalue weighted by Gasteiger charge is 2.15. The maximum atomic E-state index is 12.7. The van der Waals surface area contributed by atoms with Gasteiger partial charge in [0.1, 0.15) is 0 Å². The fourth-order valence-corrected chi connectivity index (χ4v) is 2.77. The second-order valence-electron chi connectivity index (χ2n) is 5.60. The lowest BCUT2D eigenvalue weighted by atomic mass is 10.2. The van der Waals surface area contributed by atoms with Gasteiger partial charge in [0.25, 0.3) is 5.91 Å². The predicted molar refractivity (Wildman–Crippen MR) is 97.5 cm³/mol. The number of hydrogen-bond acceptors (Lipinski definition) is 4. The summed E-state index contributed by atoms with van der Waals surface area (Å²) in [6, 6.07) is 12.9. The van der Waals surface area contributed by atoms with Gasteiger partial charge in [0.05, 0.1) is 25.3 Å². The summed E-state index contributed by atoms with van der Waals surface area (Å²) < 4.78 is 12.5. The topological polar surface area (TPSA) is 65.4 Å². The Balaban J connectivity index is 1.93. The van der Waals surface area contributed by atoms with Crippen molar-refractivity contribution in [1.82, 2.24) is 9.55 Å². The average molecular weight is 339 g/mol. The lowest BCUT2D eigenvalue weighted by Gasteiger charge is -2.11. The van der Waals surface area contributed by atoms with Crippen molar-refractivity contribution in [2.75, 3.05) is 19.5 Å². The number of amides is 1. The van der Waals surface area contributed by atoms with E-state index >= 15 is 0 Å². The number of aromatic nitrogens is 2. The summed E-state index contributed by atoms with van der Waals surface area (Å²) in [6.07, 6.45) is 0.944. The molecule has 6 heteroatoms. The van der Waals surface area contributed by atoms with Crippen LogP contribution >= 0.6 is 0 Å². The summed E-state index contributed by atoms with van der Waals surface area (Å²) in [6.45, 7) is 2.87. The fraction of sp³-hybridized carbons (Fsp3) is 0.263. The van der Waals surface area contributed by atoms with Crippen molar-refractivity contribution >= 4 is 22.9 Å². The standard InChI is InChI=1S/C19H21N3O3/c1-4-11-22-15-8-6-5-7-14(15)20-19(22)21-18(23)13-9-10-16(24-2)17(12-13)25-3/h5-10,12H,4,11H2,1-3H3,(H,20,21,23). The van der Waals surface area contributed by atoms with Gasteiger partial charge in [-0.1, -0.05) is 19.1 Å². The largest absolute Gasteiger partial charge is 0.493 e. The highest BCUT2D eigenvalue weighted by molar-refractivity contribution is 6.04. The van der Waals surface area contributed by atoms with Gasteiger partial charge in [-0.15, -0.1) is 0 Å². The minimum atomic E-state index is -0.242. The zero-order chi connectivity index (χ0) is 17.8. The molecule has 0 fully saturated rings. The molecule has 6 nitrogen and oxygen atoms in total. The van der Waals surface area contributed by atoms with E-state index in [0.29, 0.717) is 23.0 Å². The first-order chi connectivity index (χ1) is 12.2. The van der Waals surface area contributed by atoms with E-state index < -0.39 is 0 Å². The van der Waals surface area contributed by atoms with Crippen molar-refractivity contribution in [3.8, 4) is 11.5 Å². The smallest absolute Gasteiger partial charge is 0.258 e. The zero-order valence-corrected chi connectivity index (χ0v) is 14.6. The SMILES string of the molecule is CCCn1c(NC(=O)c2ccc(OC)c(OC)c2)nc2ccccc21. The maximum absolute atomic E-state index is 12.7. The van der Waals surface area contributed by atoms with E-state index in [-0.39, 0.29) is 5.91 Å². The van der Waals surface area contributed by atoms with Crippen molar-refractivity contribution in [3.05, 3.63) is 48.0 Å². The monoisotopic (exact) mass is 339 g/mol. The number of rotatable bonds is 6. The third-order valence-electron chi connectivity index (χ3n) is 3.97. The van der Waals surface area contributed by atoms with Gasteiger partial charge in [0, 0.05) is 12.1 Å². The first kappa shape index (κ1) is 16.8. The molecule has 0 atom stereocenters.